The van der Waals surface area contributed by atoms with Crippen molar-refractivity contribution in [2.45, 2.75) is 18.5 Å². The number of rotatable bonds is 3. The number of carbonyl (C=O) groups excluding carboxylic acids is 1. The zero-order valence-electron chi connectivity index (χ0n) is 15.1. The van der Waals surface area contributed by atoms with Crippen molar-refractivity contribution in [3.05, 3.63) is 89.5 Å². The van der Waals surface area contributed by atoms with E-state index in [0.717, 1.165) is 11.3 Å². The normalized spacial score (nSPS) is 18.9. The number of nitrogens with one attached hydrogen (secondary N) is 1. The van der Waals surface area contributed by atoms with Crippen molar-refractivity contribution in [3.8, 4) is 16.9 Å². The van der Waals surface area contributed by atoms with Crippen molar-refractivity contribution in [2.24, 2.45) is 0 Å². The van der Waals surface area contributed by atoms with Crippen molar-refractivity contribution in [1.29, 1.82) is 0 Å². The van der Waals surface area contributed by atoms with E-state index in [1.54, 1.807) is 7.11 Å². The van der Waals surface area contributed by atoms with Gasteiger partial charge in [-0.25, -0.2) is 5.01 Å². The largest absolute Gasteiger partial charge is 0.497 e. The fraction of sp³-hybridized carbons (Fsp3) is 0.174. The molecule has 1 aliphatic carbocycles. The summed E-state index contributed by atoms with van der Waals surface area (Å²) in [5.41, 5.74) is 9.18. The second kappa shape index (κ2) is 6.25. The molecule has 0 bridgehead atoms. The molecule has 1 fully saturated rings. The fourth-order valence-electron chi connectivity index (χ4n) is 4.32. The summed E-state index contributed by atoms with van der Waals surface area (Å²) >= 11 is 0. The average Bonchev–Trinajstić information content (AvgIpc) is 3.25. The Kier molecular flexibility index (Phi) is 3.73. The van der Waals surface area contributed by atoms with E-state index in [0.29, 0.717) is 6.42 Å². The Hall–Kier alpha value is -3.11. The lowest BCUT2D eigenvalue weighted by atomic mass is 9.99. The molecule has 134 valence electrons. The number of nitrogens with zero attached hydrogens (tertiary/aromatic N) is 1. The number of methoxy groups -OCH3 is 1. The third kappa shape index (κ3) is 2.53. The molecule has 0 aromatic heterocycles. The lowest BCUT2D eigenvalue weighted by Gasteiger charge is -2.31. The molecule has 4 nitrogen and oxygen atoms in total. The number of hydrazine groups is 1. The third-order valence-electron chi connectivity index (χ3n) is 5.55. The minimum Gasteiger partial charge on any atom is -0.497 e. The Morgan fingerprint density at radius 2 is 1.48 bits per heavy atom. The van der Waals surface area contributed by atoms with E-state index in [1.165, 1.54) is 22.3 Å². The number of amides is 1. The summed E-state index contributed by atoms with van der Waals surface area (Å²) in [5.74, 6) is 0.872. The average molecular weight is 356 g/mol. The monoisotopic (exact) mass is 356 g/mol. The minimum absolute atomic E-state index is 0.0101. The second-order valence-electron chi connectivity index (χ2n) is 7.01. The van der Waals surface area contributed by atoms with E-state index in [2.05, 4.69) is 59.0 Å². The van der Waals surface area contributed by atoms with Crippen LogP contribution in [0.3, 0.4) is 0 Å². The van der Waals surface area contributed by atoms with Crippen molar-refractivity contribution in [2.75, 3.05) is 7.11 Å². The topological polar surface area (TPSA) is 41.6 Å². The first-order valence-electron chi connectivity index (χ1n) is 9.16. The smallest absolute Gasteiger partial charge is 0.236 e. The van der Waals surface area contributed by atoms with Crippen molar-refractivity contribution < 1.29 is 9.53 Å². The van der Waals surface area contributed by atoms with Gasteiger partial charge >= 0.3 is 0 Å². The Balaban J connectivity index is 1.60. The van der Waals surface area contributed by atoms with Crippen LogP contribution < -0.4 is 10.2 Å². The Bertz CT molecular complexity index is 967. The van der Waals surface area contributed by atoms with Crippen LogP contribution >= 0.6 is 0 Å². The summed E-state index contributed by atoms with van der Waals surface area (Å²) in [7, 11) is 1.66. The lowest BCUT2D eigenvalue weighted by Crippen LogP contribution is -2.38. The highest BCUT2D eigenvalue weighted by Gasteiger charge is 2.41. The molecule has 1 heterocycles. The van der Waals surface area contributed by atoms with Crippen LogP contribution in [0.25, 0.3) is 11.1 Å². The van der Waals surface area contributed by atoms with E-state index in [4.69, 9.17) is 4.74 Å². The van der Waals surface area contributed by atoms with Crippen LogP contribution in [-0.4, -0.2) is 18.0 Å². The summed E-state index contributed by atoms with van der Waals surface area (Å²) < 4.78 is 5.28. The molecule has 1 atom stereocenters. The standard InChI is InChI=1S/C23H20N2O2/c1-27-16-12-10-15(11-13-16)21-14-22(26)24-25(21)23-19-8-4-2-6-17(19)18-7-3-5-9-20(18)23/h2-13,21,23H,14H2,1H3,(H,24,26)/t21-/m0/s1. The molecule has 1 amide bonds. The molecule has 1 saturated heterocycles. The highest BCUT2D eigenvalue weighted by Crippen LogP contribution is 2.49. The van der Waals surface area contributed by atoms with E-state index < -0.39 is 0 Å². The first-order valence-corrected chi connectivity index (χ1v) is 9.16. The van der Waals surface area contributed by atoms with Gasteiger partial charge in [0.05, 0.1) is 19.2 Å². The van der Waals surface area contributed by atoms with Crippen molar-refractivity contribution >= 4 is 5.91 Å². The number of ether oxygens (including phenoxy) is 1. The van der Waals surface area contributed by atoms with E-state index in [-0.39, 0.29) is 18.0 Å². The van der Waals surface area contributed by atoms with Crippen LogP contribution in [0.1, 0.15) is 35.2 Å². The molecule has 0 spiro atoms. The Labute approximate surface area is 158 Å². The van der Waals surface area contributed by atoms with Gasteiger partial charge < -0.3 is 4.74 Å². The van der Waals surface area contributed by atoms with Crippen molar-refractivity contribution in [1.82, 2.24) is 10.4 Å². The van der Waals surface area contributed by atoms with Crippen LogP contribution in [0.2, 0.25) is 0 Å². The van der Waals surface area contributed by atoms with Gasteiger partial charge in [-0.05, 0) is 39.9 Å². The number of carbonyl (C=O) groups is 1. The van der Waals surface area contributed by atoms with Gasteiger partial charge in [0.15, 0.2) is 0 Å². The molecule has 0 unspecified atom stereocenters. The quantitative estimate of drug-likeness (QED) is 0.763. The molecular weight excluding hydrogens is 336 g/mol. The lowest BCUT2D eigenvalue weighted by molar-refractivity contribution is -0.121. The van der Waals surface area contributed by atoms with Gasteiger partial charge in [-0.15, -0.1) is 0 Å². The second-order valence-corrected chi connectivity index (χ2v) is 7.01. The zero-order valence-corrected chi connectivity index (χ0v) is 15.1. The molecule has 1 aliphatic heterocycles. The van der Waals surface area contributed by atoms with E-state index in [9.17, 15) is 4.79 Å². The van der Waals surface area contributed by atoms with Gasteiger partial charge in [0.25, 0.3) is 0 Å². The Morgan fingerprint density at radius 1 is 0.889 bits per heavy atom. The van der Waals surface area contributed by atoms with Crippen LogP contribution in [0, 0.1) is 0 Å². The highest BCUT2D eigenvalue weighted by molar-refractivity contribution is 5.81. The summed E-state index contributed by atoms with van der Waals surface area (Å²) in [5, 5.41) is 2.12. The van der Waals surface area contributed by atoms with Gasteiger partial charge in [0.1, 0.15) is 5.75 Å². The van der Waals surface area contributed by atoms with Gasteiger partial charge in [0.2, 0.25) is 5.91 Å². The summed E-state index contributed by atoms with van der Waals surface area (Å²) in [4.78, 5) is 12.4. The maximum absolute atomic E-state index is 12.4. The van der Waals surface area contributed by atoms with Crippen LogP contribution in [0.5, 0.6) is 5.75 Å². The first kappa shape index (κ1) is 16.1. The maximum Gasteiger partial charge on any atom is 0.236 e. The summed E-state index contributed by atoms with van der Waals surface area (Å²) in [6.07, 6.45) is 0.452. The van der Waals surface area contributed by atoms with Gasteiger partial charge in [0, 0.05) is 6.42 Å². The number of hydrogen-bond acceptors (Lipinski definition) is 3. The molecule has 5 rings (SSSR count). The molecular formula is C23H20N2O2. The molecule has 0 saturated carbocycles. The molecule has 27 heavy (non-hydrogen) atoms. The first-order chi connectivity index (χ1) is 13.3. The summed E-state index contributed by atoms with van der Waals surface area (Å²) in [6.45, 7) is 0. The van der Waals surface area contributed by atoms with Gasteiger partial charge in [-0.1, -0.05) is 60.7 Å². The zero-order chi connectivity index (χ0) is 18.4. The molecule has 1 N–H and O–H groups in total. The van der Waals surface area contributed by atoms with Gasteiger partial charge in [-0.3, -0.25) is 10.2 Å². The summed E-state index contributed by atoms with van der Waals surface area (Å²) in [6, 6.07) is 24.9. The fourth-order valence-corrected chi connectivity index (χ4v) is 4.32. The molecule has 3 aromatic carbocycles. The van der Waals surface area contributed by atoms with E-state index in [1.807, 2.05) is 24.3 Å². The van der Waals surface area contributed by atoms with Gasteiger partial charge in [-0.2, -0.15) is 0 Å². The molecule has 3 aromatic rings. The SMILES string of the molecule is COc1ccc([C@@H]2CC(=O)NN2C2c3ccccc3-c3ccccc32)cc1. The number of hydrogen-bond donors (Lipinski definition) is 1. The number of fused-ring (bicyclic) bond motifs is 3. The number of benzene rings is 3. The van der Waals surface area contributed by atoms with Crippen LogP contribution in [0.15, 0.2) is 72.8 Å². The predicted octanol–water partition coefficient (Wildman–Crippen LogP) is 4.24. The van der Waals surface area contributed by atoms with Crippen LogP contribution in [0.4, 0.5) is 0 Å². The third-order valence-corrected chi connectivity index (χ3v) is 5.55. The molecule has 2 aliphatic rings. The van der Waals surface area contributed by atoms with E-state index >= 15 is 0 Å². The predicted molar refractivity (Wildman–Crippen MR) is 104 cm³/mol. The maximum atomic E-state index is 12.4. The van der Waals surface area contributed by atoms with Crippen molar-refractivity contribution in [3.63, 3.8) is 0 Å². The Morgan fingerprint density at radius 3 is 2.07 bits per heavy atom. The highest BCUT2D eigenvalue weighted by atomic mass is 16.5. The minimum atomic E-state index is -0.0207. The molecule has 0 radical (unpaired) electrons. The van der Waals surface area contributed by atoms with Crippen LogP contribution in [-0.2, 0) is 4.79 Å². The molecule has 4 heteroatoms.